The molecule has 0 saturated carbocycles. The summed E-state index contributed by atoms with van der Waals surface area (Å²) in [4.78, 5) is 0. The van der Waals surface area contributed by atoms with Gasteiger partial charge in [-0.2, -0.15) is 0 Å². The highest BCUT2D eigenvalue weighted by Gasteiger charge is 2.38. The van der Waals surface area contributed by atoms with E-state index in [1.807, 2.05) is 0 Å². The maximum Gasteiger partial charge on any atom is 0.0159 e. The Hall–Kier alpha value is -9.88. The Morgan fingerprint density at radius 2 is 0.427 bits per heavy atom. The molecule has 0 unspecified atom stereocenters. The SMILES string of the molecule is CC1(C)c2ccccc2-c2ccc(-c3c4ccccc4c(-c4c5ccccc5c(-c5ccc6c(c5)C(C)(C)c5cc(-c7c8ccccc8c(-c8ccc9ccccc9c8)c8ccccc78)ccc5-6)c5ccccc45)c4ccccc34)cc21. The molecule has 0 nitrogen and oxygen atoms in total. The molecular weight excluding hydrogens is 985 g/mol. The number of hydrogen-bond acceptors (Lipinski definition) is 0. The number of hydrogen-bond donors (Lipinski definition) is 0. The maximum absolute atomic E-state index is 2.53. The van der Waals surface area contributed by atoms with E-state index < -0.39 is 0 Å². The first-order valence-corrected chi connectivity index (χ1v) is 29.1. The fourth-order valence-electron chi connectivity index (χ4n) is 15.4. The van der Waals surface area contributed by atoms with Gasteiger partial charge in [0.15, 0.2) is 0 Å². The first kappa shape index (κ1) is 47.0. The minimum absolute atomic E-state index is 0.103. The molecule has 0 amide bonds. The molecule has 384 valence electrons. The second-order valence-electron chi connectivity index (χ2n) is 24.2. The summed E-state index contributed by atoms with van der Waals surface area (Å²) in [5.74, 6) is 0. The second kappa shape index (κ2) is 17.3. The fourth-order valence-corrected chi connectivity index (χ4v) is 15.4. The molecule has 82 heavy (non-hydrogen) atoms. The fraction of sp³-hybridized carbons (Fsp3) is 0.0732. The summed E-state index contributed by atoms with van der Waals surface area (Å²) in [5, 5.41) is 17.7. The highest BCUT2D eigenvalue weighted by atomic mass is 14.4. The van der Waals surface area contributed by atoms with Gasteiger partial charge in [0.25, 0.3) is 0 Å². The van der Waals surface area contributed by atoms with Gasteiger partial charge in [0.2, 0.25) is 0 Å². The molecule has 0 spiro atoms. The molecule has 0 heterocycles. The number of fused-ring (bicyclic) bond motifs is 13. The van der Waals surface area contributed by atoms with E-state index in [4.69, 9.17) is 0 Å². The molecule has 2 aliphatic carbocycles. The van der Waals surface area contributed by atoms with Crippen LogP contribution < -0.4 is 0 Å². The molecule has 15 aromatic carbocycles. The van der Waals surface area contributed by atoms with Crippen LogP contribution in [0.15, 0.2) is 267 Å². The largest absolute Gasteiger partial charge is 0.0619 e. The van der Waals surface area contributed by atoms with Crippen molar-refractivity contribution in [1.82, 2.24) is 0 Å². The van der Waals surface area contributed by atoms with Gasteiger partial charge in [0.05, 0.1) is 0 Å². The Labute approximate surface area is 478 Å². The average Bonchev–Trinajstić information content (AvgIpc) is 2.60. The van der Waals surface area contributed by atoms with Crippen molar-refractivity contribution in [3.05, 3.63) is 289 Å². The summed E-state index contributed by atoms with van der Waals surface area (Å²) >= 11 is 0. The van der Waals surface area contributed by atoms with Crippen LogP contribution in [0.5, 0.6) is 0 Å². The smallest absolute Gasteiger partial charge is 0.0159 e. The lowest BCUT2D eigenvalue weighted by atomic mass is 9.78. The predicted molar refractivity (Wildman–Crippen MR) is 351 cm³/mol. The van der Waals surface area contributed by atoms with Crippen molar-refractivity contribution in [2.75, 3.05) is 0 Å². The normalized spacial score (nSPS) is 13.8. The third kappa shape index (κ3) is 6.55. The molecule has 0 saturated heterocycles. The highest BCUT2D eigenvalue weighted by molar-refractivity contribution is 6.30. The average molecular weight is 1040 g/mol. The summed E-state index contributed by atoms with van der Waals surface area (Å²) in [7, 11) is 0. The third-order valence-electron chi connectivity index (χ3n) is 19.2. The van der Waals surface area contributed by atoms with Crippen molar-refractivity contribution < 1.29 is 0 Å². The van der Waals surface area contributed by atoms with Crippen molar-refractivity contribution in [2.45, 2.75) is 38.5 Å². The Kier molecular flexibility index (Phi) is 9.92. The van der Waals surface area contributed by atoms with Crippen molar-refractivity contribution in [1.29, 1.82) is 0 Å². The summed E-state index contributed by atoms with van der Waals surface area (Å²) in [6, 6.07) is 101. The quantitative estimate of drug-likeness (QED) is 0.151. The third-order valence-corrected chi connectivity index (χ3v) is 19.2. The molecule has 2 aliphatic rings. The summed E-state index contributed by atoms with van der Waals surface area (Å²) in [6.45, 7) is 9.64. The van der Waals surface area contributed by atoms with E-state index in [1.54, 1.807) is 0 Å². The van der Waals surface area contributed by atoms with E-state index in [1.165, 1.54) is 176 Å². The molecular formula is C82H56. The Balaban J connectivity index is 0.824. The first-order valence-electron chi connectivity index (χ1n) is 29.1. The van der Waals surface area contributed by atoms with Crippen LogP contribution >= 0.6 is 0 Å². The molecule has 0 fully saturated rings. The first-order chi connectivity index (χ1) is 40.2. The van der Waals surface area contributed by atoms with Gasteiger partial charge in [-0.25, -0.2) is 0 Å². The molecule has 15 aromatic rings. The molecule has 0 aromatic heterocycles. The van der Waals surface area contributed by atoms with Gasteiger partial charge in [0, 0.05) is 10.8 Å². The zero-order valence-electron chi connectivity index (χ0n) is 46.4. The van der Waals surface area contributed by atoms with E-state index in [0.29, 0.717) is 0 Å². The van der Waals surface area contributed by atoms with Gasteiger partial charge >= 0.3 is 0 Å². The van der Waals surface area contributed by atoms with Gasteiger partial charge in [-0.15, -0.1) is 0 Å². The number of rotatable bonds is 5. The van der Waals surface area contributed by atoms with E-state index in [2.05, 4.69) is 295 Å². The molecule has 0 bridgehead atoms. The molecule has 0 aliphatic heterocycles. The monoisotopic (exact) mass is 1040 g/mol. The van der Waals surface area contributed by atoms with Crippen molar-refractivity contribution in [3.8, 4) is 77.9 Å². The second-order valence-corrected chi connectivity index (χ2v) is 24.2. The van der Waals surface area contributed by atoms with Gasteiger partial charge in [0.1, 0.15) is 0 Å². The van der Waals surface area contributed by atoms with E-state index in [-0.39, 0.29) is 10.8 Å². The molecule has 0 heteroatoms. The van der Waals surface area contributed by atoms with E-state index in [9.17, 15) is 0 Å². The topological polar surface area (TPSA) is 0 Å². The van der Waals surface area contributed by atoms with Crippen molar-refractivity contribution in [2.24, 2.45) is 0 Å². The van der Waals surface area contributed by atoms with E-state index >= 15 is 0 Å². The molecule has 17 rings (SSSR count). The molecule has 0 radical (unpaired) electrons. The van der Waals surface area contributed by atoms with Gasteiger partial charge in [-0.1, -0.05) is 270 Å². The standard InChI is InChI=1S/C82H56/c1-81(2)71-36-20-19-23-55(71)56-42-39-52(46-72(56)81)77-63-28-11-15-32-67(63)79(68-33-16-12-29-64(68)77)80-69-34-17-13-30-65(69)78(66-31-14-18-35-70(66)80)54-41-44-58-57-43-40-53(47-73(57)82(3,4)74(58)48-54)76-61-26-9-7-24-59(61)75(60-25-8-10-27-62(60)76)51-38-37-49-21-5-6-22-50(49)45-51/h5-48H,1-4H3. The summed E-state index contributed by atoms with van der Waals surface area (Å²) in [6.07, 6.45) is 0. The number of benzene rings is 15. The predicted octanol–water partition coefficient (Wildman–Crippen LogP) is 22.7. The van der Waals surface area contributed by atoms with Crippen LogP contribution in [0.1, 0.15) is 49.9 Å². The lowest BCUT2D eigenvalue weighted by Gasteiger charge is -2.25. The lowest BCUT2D eigenvalue weighted by Crippen LogP contribution is -2.15. The maximum atomic E-state index is 2.53. The van der Waals surface area contributed by atoms with Crippen LogP contribution in [0, 0.1) is 0 Å². The Morgan fingerprint density at radius 1 is 0.183 bits per heavy atom. The zero-order valence-corrected chi connectivity index (χ0v) is 46.4. The van der Waals surface area contributed by atoms with Crippen LogP contribution in [0.3, 0.4) is 0 Å². The lowest BCUT2D eigenvalue weighted by molar-refractivity contribution is 0.660. The van der Waals surface area contributed by atoms with Crippen molar-refractivity contribution in [3.63, 3.8) is 0 Å². The Morgan fingerprint density at radius 3 is 0.780 bits per heavy atom. The summed E-state index contributed by atoms with van der Waals surface area (Å²) < 4.78 is 0. The van der Waals surface area contributed by atoms with Crippen LogP contribution in [-0.4, -0.2) is 0 Å². The van der Waals surface area contributed by atoms with Gasteiger partial charge < -0.3 is 0 Å². The highest BCUT2D eigenvalue weighted by Crippen LogP contribution is 2.56. The van der Waals surface area contributed by atoms with Crippen LogP contribution in [0.25, 0.3) is 153 Å². The van der Waals surface area contributed by atoms with Crippen molar-refractivity contribution >= 4 is 75.4 Å². The summed E-state index contributed by atoms with van der Waals surface area (Å²) in [5.41, 5.74) is 23.2. The van der Waals surface area contributed by atoms with Gasteiger partial charge in [-0.05, 0) is 200 Å². The van der Waals surface area contributed by atoms with Crippen LogP contribution in [0.2, 0.25) is 0 Å². The minimum Gasteiger partial charge on any atom is -0.0619 e. The molecule has 0 N–H and O–H groups in total. The van der Waals surface area contributed by atoms with Crippen LogP contribution in [-0.2, 0) is 10.8 Å². The van der Waals surface area contributed by atoms with E-state index in [0.717, 1.165) is 0 Å². The Bertz CT molecular complexity index is 5100. The van der Waals surface area contributed by atoms with Crippen LogP contribution in [0.4, 0.5) is 0 Å². The van der Waals surface area contributed by atoms with Gasteiger partial charge in [-0.3, -0.25) is 0 Å². The zero-order chi connectivity index (χ0) is 54.6. The minimum atomic E-state index is -0.267. The molecule has 0 atom stereocenters.